The van der Waals surface area contributed by atoms with Gasteiger partial charge in [-0.25, -0.2) is 0 Å². The van der Waals surface area contributed by atoms with Gasteiger partial charge in [0.15, 0.2) is 0 Å². The van der Waals surface area contributed by atoms with Gasteiger partial charge in [-0.05, 0) is 41.5 Å². The maximum absolute atomic E-state index is 12.6. The second kappa shape index (κ2) is 7.85. The molecule has 0 saturated heterocycles. The number of amides is 1. The van der Waals surface area contributed by atoms with Crippen molar-refractivity contribution in [2.75, 3.05) is 5.32 Å². The van der Waals surface area contributed by atoms with E-state index >= 15 is 0 Å². The fraction of sp³-hybridized carbons (Fsp3) is 0.381. The molecule has 0 radical (unpaired) electrons. The molecule has 1 N–H and O–H groups in total. The number of para-hydroxylation sites is 1. The van der Waals surface area contributed by atoms with Crippen LogP contribution in [0.1, 0.15) is 62.4 Å². The summed E-state index contributed by atoms with van der Waals surface area (Å²) in [6.07, 6.45) is 2.20. The number of nitrogens with one attached hydrogen (secondary N) is 1. The molecule has 0 spiro atoms. The van der Waals surface area contributed by atoms with Gasteiger partial charge in [0, 0.05) is 5.69 Å². The zero-order chi connectivity index (χ0) is 17.7. The third kappa shape index (κ3) is 4.61. The van der Waals surface area contributed by atoms with E-state index in [0.29, 0.717) is 16.5 Å². The van der Waals surface area contributed by atoms with Crippen molar-refractivity contribution in [3.8, 4) is 0 Å². The lowest BCUT2D eigenvalue weighted by molar-refractivity contribution is 0.102. The molecule has 2 aromatic carbocycles. The first-order valence-electron chi connectivity index (χ1n) is 8.49. The van der Waals surface area contributed by atoms with Gasteiger partial charge in [-0.3, -0.25) is 4.79 Å². The molecule has 0 aliphatic rings. The van der Waals surface area contributed by atoms with E-state index in [9.17, 15) is 4.79 Å². The molecule has 1 atom stereocenters. The van der Waals surface area contributed by atoms with Crippen LogP contribution >= 0.6 is 11.6 Å². The Morgan fingerprint density at radius 3 is 2.42 bits per heavy atom. The second-order valence-electron chi connectivity index (χ2n) is 7.14. The summed E-state index contributed by atoms with van der Waals surface area (Å²) in [5.74, 6) is 0.192. The van der Waals surface area contributed by atoms with Crippen LogP contribution < -0.4 is 5.32 Å². The number of anilines is 1. The second-order valence-corrected chi connectivity index (χ2v) is 7.55. The van der Waals surface area contributed by atoms with Crippen molar-refractivity contribution in [3.05, 3.63) is 64.7 Å². The fourth-order valence-corrected chi connectivity index (χ4v) is 3.18. The highest BCUT2D eigenvalue weighted by Gasteiger charge is 2.22. The van der Waals surface area contributed by atoms with E-state index in [2.05, 4.69) is 39.1 Å². The number of carbonyl (C=O) groups excluding carboxylic acids is 1. The Kier molecular flexibility index (Phi) is 6.06. The molecule has 2 nitrogen and oxygen atoms in total. The standard InChI is InChI=1S/C21H26ClNO/c1-5-21(3,4)14-15(2)16-10-7-9-13-19(16)23-20(24)17-11-6-8-12-18(17)22/h6-13,15H,5,14H2,1-4H3,(H,23,24). The van der Waals surface area contributed by atoms with E-state index in [4.69, 9.17) is 11.6 Å². The number of rotatable bonds is 6. The minimum absolute atomic E-state index is 0.171. The molecule has 3 heteroatoms. The van der Waals surface area contributed by atoms with Crippen molar-refractivity contribution in [2.24, 2.45) is 5.41 Å². The number of hydrogen-bond acceptors (Lipinski definition) is 1. The SMILES string of the molecule is CCC(C)(C)CC(C)c1ccccc1NC(=O)c1ccccc1Cl. The molecule has 24 heavy (non-hydrogen) atoms. The van der Waals surface area contributed by atoms with E-state index in [1.807, 2.05) is 30.3 Å². The van der Waals surface area contributed by atoms with Crippen LogP contribution in [0.25, 0.3) is 0 Å². The van der Waals surface area contributed by atoms with Gasteiger partial charge < -0.3 is 5.32 Å². The van der Waals surface area contributed by atoms with Crippen LogP contribution in [-0.4, -0.2) is 5.91 Å². The van der Waals surface area contributed by atoms with Crippen molar-refractivity contribution in [1.82, 2.24) is 0 Å². The van der Waals surface area contributed by atoms with Crippen molar-refractivity contribution < 1.29 is 4.79 Å². The summed E-state index contributed by atoms with van der Waals surface area (Å²) in [5, 5.41) is 3.49. The number of benzene rings is 2. The van der Waals surface area contributed by atoms with Crippen molar-refractivity contribution in [1.29, 1.82) is 0 Å². The highest BCUT2D eigenvalue weighted by molar-refractivity contribution is 6.34. The van der Waals surface area contributed by atoms with Gasteiger partial charge in [-0.2, -0.15) is 0 Å². The summed E-state index contributed by atoms with van der Waals surface area (Å²) in [4.78, 5) is 12.6. The molecule has 128 valence electrons. The lowest BCUT2D eigenvalue weighted by Crippen LogP contribution is -2.17. The Bertz CT molecular complexity index is 708. The smallest absolute Gasteiger partial charge is 0.257 e. The lowest BCUT2D eigenvalue weighted by Gasteiger charge is -2.28. The van der Waals surface area contributed by atoms with Crippen LogP contribution in [0.2, 0.25) is 5.02 Å². The van der Waals surface area contributed by atoms with E-state index < -0.39 is 0 Å². The van der Waals surface area contributed by atoms with Crippen LogP contribution in [0.4, 0.5) is 5.69 Å². The Labute approximate surface area is 150 Å². The monoisotopic (exact) mass is 343 g/mol. The Morgan fingerprint density at radius 2 is 1.75 bits per heavy atom. The molecule has 0 aliphatic carbocycles. The van der Waals surface area contributed by atoms with Crippen LogP contribution in [0.3, 0.4) is 0 Å². The molecule has 0 aromatic heterocycles. The van der Waals surface area contributed by atoms with Gasteiger partial charge in [0.2, 0.25) is 0 Å². The quantitative estimate of drug-likeness (QED) is 0.635. The van der Waals surface area contributed by atoms with Crippen LogP contribution in [0.5, 0.6) is 0 Å². The van der Waals surface area contributed by atoms with E-state index in [1.165, 1.54) is 5.56 Å². The molecule has 0 fully saturated rings. The molecule has 1 amide bonds. The molecular formula is C21H26ClNO. The van der Waals surface area contributed by atoms with Crippen LogP contribution in [0.15, 0.2) is 48.5 Å². The van der Waals surface area contributed by atoms with Crippen LogP contribution in [0, 0.1) is 5.41 Å². The van der Waals surface area contributed by atoms with Gasteiger partial charge in [0.1, 0.15) is 0 Å². The highest BCUT2D eigenvalue weighted by atomic mass is 35.5. The van der Waals surface area contributed by atoms with Crippen molar-refractivity contribution >= 4 is 23.2 Å². The molecule has 2 rings (SSSR count). The van der Waals surface area contributed by atoms with Gasteiger partial charge >= 0.3 is 0 Å². The summed E-state index contributed by atoms with van der Waals surface area (Å²) in [5.41, 5.74) is 2.80. The summed E-state index contributed by atoms with van der Waals surface area (Å²) < 4.78 is 0. The zero-order valence-electron chi connectivity index (χ0n) is 14.9. The first kappa shape index (κ1) is 18.5. The minimum Gasteiger partial charge on any atom is -0.322 e. The van der Waals surface area contributed by atoms with Crippen molar-refractivity contribution in [2.45, 2.75) is 46.5 Å². The Hall–Kier alpha value is -1.80. The average Bonchev–Trinajstić information content (AvgIpc) is 2.55. The number of halogens is 1. The summed E-state index contributed by atoms with van der Waals surface area (Å²) in [6.45, 7) is 9.01. The molecule has 0 saturated carbocycles. The number of hydrogen-bond donors (Lipinski definition) is 1. The molecule has 0 aliphatic heterocycles. The molecular weight excluding hydrogens is 318 g/mol. The molecule has 2 aromatic rings. The summed E-state index contributed by atoms with van der Waals surface area (Å²) in [6, 6.07) is 15.1. The third-order valence-corrected chi connectivity index (χ3v) is 5.00. The normalized spacial score (nSPS) is 12.7. The first-order valence-corrected chi connectivity index (χ1v) is 8.86. The molecule has 1 unspecified atom stereocenters. The highest BCUT2D eigenvalue weighted by Crippen LogP contribution is 2.36. The predicted octanol–water partition coefficient (Wildman–Crippen LogP) is 6.52. The maximum Gasteiger partial charge on any atom is 0.257 e. The van der Waals surface area contributed by atoms with Gasteiger partial charge in [0.05, 0.1) is 10.6 Å². The third-order valence-electron chi connectivity index (χ3n) is 4.67. The van der Waals surface area contributed by atoms with Crippen LogP contribution in [-0.2, 0) is 0 Å². The minimum atomic E-state index is -0.171. The fourth-order valence-electron chi connectivity index (χ4n) is 2.96. The van der Waals surface area contributed by atoms with Gasteiger partial charge in [-0.15, -0.1) is 0 Å². The van der Waals surface area contributed by atoms with Gasteiger partial charge in [-0.1, -0.05) is 76.0 Å². The average molecular weight is 344 g/mol. The van der Waals surface area contributed by atoms with E-state index in [0.717, 1.165) is 18.5 Å². The predicted molar refractivity (Wildman–Crippen MR) is 103 cm³/mol. The maximum atomic E-state index is 12.6. The zero-order valence-corrected chi connectivity index (χ0v) is 15.7. The Morgan fingerprint density at radius 1 is 1.12 bits per heavy atom. The summed E-state index contributed by atoms with van der Waals surface area (Å²) in [7, 11) is 0. The topological polar surface area (TPSA) is 29.1 Å². The van der Waals surface area contributed by atoms with Crippen molar-refractivity contribution in [3.63, 3.8) is 0 Å². The Balaban J connectivity index is 2.23. The van der Waals surface area contributed by atoms with E-state index in [-0.39, 0.29) is 11.3 Å². The van der Waals surface area contributed by atoms with Gasteiger partial charge in [0.25, 0.3) is 5.91 Å². The largest absolute Gasteiger partial charge is 0.322 e. The first-order chi connectivity index (χ1) is 11.3. The molecule has 0 heterocycles. The van der Waals surface area contributed by atoms with E-state index in [1.54, 1.807) is 12.1 Å². The summed E-state index contributed by atoms with van der Waals surface area (Å²) >= 11 is 6.13. The molecule has 0 bridgehead atoms. The number of carbonyl (C=O) groups is 1. The lowest BCUT2D eigenvalue weighted by atomic mass is 9.78.